The predicted molar refractivity (Wildman–Crippen MR) is 93.2 cm³/mol. The highest BCUT2D eigenvalue weighted by molar-refractivity contribution is 6.62. The van der Waals surface area contributed by atoms with Crippen LogP contribution in [0.3, 0.4) is 0 Å². The lowest BCUT2D eigenvalue weighted by Gasteiger charge is -2.22. The van der Waals surface area contributed by atoms with Crippen molar-refractivity contribution in [1.82, 2.24) is 0 Å². The summed E-state index contributed by atoms with van der Waals surface area (Å²) in [6, 6.07) is 15.0. The quantitative estimate of drug-likeness (QED) is 0.629. The molecule has 0 bridgehead atoms. The van der Waals surface area contributed by atoms with Crippen molar-refractivity contribution in [3.8, 4) is 0 Å². The van der Waals surface area contributed by atoms with Gasteiger partial charge in [0.1, 0.15) is 11.8 Å². The van der Waals surface area contributed by atoms with Crippen LogP contribution in [-0.4, -0.2) is 23.1 Å². The molecule has 4 nitrogen and oxygen atoms in total. The number of carbonyl (C=O) groups excluding carboxylic acids is 4. The number of hydrogen-bond donors (Lipinski definition) is 0. The fourth-order valence-electron chi connectivity index (χ4n) is 2.73. The monoisotopic (exact) mass is 352 g/mol. The number of benzene rings is 2. The highest BCUT2D eigenvalue weighted by Gasteiger charge is 2.48. The minimum absolute atomic E-state index is 0.298. The molecule has 0 spiro atoms. The van der Waals surface area contributed by atoms with Crippen molar-refractivity contribution < 1.29 is 19.2 Å². The Morgan fingerprint density at radius 1 is 0.720 bits per heavy atom. The molecule has 5 heteroatoms. The number of Topliss-reactive ketones (excluding diaryl/α,β-unsaturated/α-hetero) is 4. The molecule has 0 amide bonds. The van der Waals surface area contributed by atoms with E-state index in [1.54, 1.807) is 30.3 Å². The molecule has 1 fully saturated rings. The van der Waals surface area contributed by atoms with Gasteiger partial charge in [0, 0.05) is 5.02 Å². The Balaban J connectivity index is 1.89. The van der Waals surface area contributed by atoms with Crippen molar-refractivity contribution in [3.63, 3.8) is 0 Å². The van der Waals surface area contributed by atoms with E-state index in [4.69, 9.17) is 11.6 Å². The largest absolute Gasteiger partial charge is 0.290 e. The molecule has 3 rings (SSSR count). The maximum absolute atomic E-state index is 12.4. The third-order valence-corrected chi connectivity index (χ3v) is 4.31. The zero-order chi connectivity index (χ0) is 18.0. The van der Waals surface area contributed by atoms with Crippen LogP contribution in [0.2, 0.25) is 5.02 Å². The first-order valence-corrected chi connectivity index (χ1v) is 8.01. The van der Waals surface area contributed by atoms with Crippen LogP contribution in [0, 0.1) is 5.92 Å². The number of carbonyl (C=O) groups is 4. The molecule has 0 unspecified atom stereocenters. The third-order valence-electron chi connectivity index (χ3n) is 4.06. The van der Waals surface area contributed by atoms with Gasteiger partial charge in [-0.2, -0.15) is 0 Å². The summed E-state index contributed by atoms with van der Waals surface area (Å²) in [6.07, 6.45) is 2.87. The number of rotatable bonds is 3. The molecule has 0 aromatic heterocycles. The van der Waals surface area contributed by atoms with E-state index in [1.165, 1.54) is 30.3 Å². The maximum atomic E-state index is 12.4. The van der Waals surface area contributed by atoms with Gasteiger partial charge in [-0.15, -0.1) is 0 Å². The van der Waals surface area contributed by atoms with E-state index in [2.05, 4.69) is 0 Å². The topological polar surface area (TPSA) is 68.3 Å². The lowest BCUT2D eigenvalue weighted by molar-refractivity contribution is -0.151. The lowest BCUT2D eigenvalue weighted by atomic mass is 9.75. The second-order valence-electron chi connectivity index (χ2n) is 5.69. The van der Waals surface area contributed by atoms with Gasteiger partial charge < -0.3 is 0 Å². The van der Waals surface area contributed by atoms with Crippen LogP contribution in [0.5, 0.6) is 0 Å². The first kappa shape index (κ1) is 17.0. The molecule has 1 saturated carbocycles. The molecular weight excluding hydrogens is 340 g/mol. The SMILES string of the molecule is O=C1C(=O)C(c2ccc(Cl)cc2)C(=O)C(=O)C1C=Cc1ccccc1. The molecule has 2 aromatic carbocycles. The Morgan fingerprint density at radius 3 is 1.84 bits per heavy atom. The van der Waals surface area contributed by atoms with Crippen LogP contribution >= 0.6 is 11.6 Å². The Morgan fingerprint density at radius 2 is 1.28 bits per heavy atom. The fraction of sp³-hybridized carbons (Fsp3) is 0.100. The van der Waals surface area contributed by atoms with E-state index in [1.807, 2.05) is 6.07 Å². The van der Waals surface area contributed by atoms with Crippen LogP contribution in [0.4, 0.5) is 0 Å². The number of hydrogen-bond acceptors (Lipinski definition) is 4. The maximum Gasteiger partial charge on any atom is 0.214 e. The smallest absolute Gasteiger partial charge is 0.214 e. The van der Waals surface area contributed by atoms with E-state index in [0.29, 0.717) is 10.6 Å². The van der Waals surface area contributed by atoms with E-state index in [9.17, 15) is 19.2 Å². The minimum atomic E-state index is -1.38. The molecular formula is C20H13ClO4. The molecule has 0 N–H and O–H groups in total. The van der Waals surface area contributed by atoms with Crippen molar-refractivity contribution in [1.29, 1.82) is 0 Å². The average molecular weight is 353 g/mol. The molecule has 0 heterocycles. The summed E-state index contributed by atoms with van der Waals surface area (Å²) >= 11 is 5.79. The van der Waals surface area contributed by atoms with E-state index in [0.717, 1.165) is 5.56 Å². The van der Waals surface area contributed by atoms with Gasteiger partial charge in [-0.25, -0.2) is 0 Å². The summed E-state index contributed by atoms with van der Waals surface area (Å²) in [7, 11) is 0. The Bertz CT molecular complexity index is 854. The van der Waals surface area contributed by atoms with E-state index in [-0.39, 0.29) is 0 Å². The van der Waals surface area contributed by atoms with Crippen molar-refractivity contribution in [3.05, 3.63) is 76.8 Å². The molecule has 0 radical (unpaired) electrons. The van der Waals surface area contributed by atoms with Crippen LogP contribution in [0.15, 0.2) is 60.7 Å². The van der Waals surface area contributed by atoms with Crippen molar-refractivity contribution in [2.45, 2.75) is 5.92 Å². The van der Waals surface area contributed by atoms with E-state index >= 15 is 0 Å². The van der Waals surface area contributed by atoms with Gasteiger partial charge >= 0.3 is 0 Å². The summed E-state index contributed by atoms with van der Waals surface area (Å²) < 4.78 is 0. The second-order valence-corrected chi connectivity index (χ2v) is 6.13. The summed E-state index contributed by atoms with van der Waals surface area (Å²) in [4.78, 5) is 49.5. The van der Waals surface area contributed by atoms with Crippen LogP contribution in [0.25, 0.3) is 6.08 Å². The average Bonchev–Trinajstić information content (AvgIpc) is 2.63. The number of allylic oxidation sites excluding steroid dienone is 1. The highest BCUT2D eigenvalue weighted by Crippen LogP contribution is 2.28. The fourth-order valence-corrected chi connectivity index (χ4v) is 2.86. The second kappa shape index (κ2) is 6.95. The van der Waals surface area contributed by atoms with Gasteiger partial charge in [-0.1, -0.05) is 66.2 Å². The summed E-state index contributed by atoms with van der Waals surface area (Å²) in [5.41, 5.74) is 1.06. The highest BCUT2D eigenvalue weighted by atomic mass is 35.5. The van der Waals surface area contributed by atoms with Crippen molar-refractivity contribution in [2.75, 3.05) is 0 Å². The lowest BCUT2D eigenvalue weighted by Crippen LogP contribution is -2.46. The van der Waals surface area contributed by atoms with E-state index < -0.39 is 35.0 Å². The van der Waals surface area contributed by atoms with Gasteiger partial charge in [-0.3, -0.25) is 19.2 Å². The molecule has 0 saturated heterocycles. The zero-order valence-corrected chi connectivity index (χ0v) is 13.8. The Kier molecular flexibility index (Phi) is 4.72. The normalized spacial score (nSPS) is 21.2. The van der Waals surface area contributed by atoms with Crippen LogP contribution in [0.1, 0.15) is 17.0 Å². The van der Waals surface area contributed by atoms with Gasteiger partial charge in [-0.05, 0) is 23.3 Å². The minimum Gasteiger partial charge on any atom is -0.290 e. The van der Waals surface area contributed by atoms with Gasteiger partial charge in [0.05, 0.1) is 0 Å². The Hall–Kier alpha value is -2.85. The molecule has 2 aromatic rings. The van der Waals surface area contributed by atoms with Gasteiger partial charge in [0.15, 0.2) is 0 Å². The van der Waals surface area contributed by atoms with Crippen LogP contribution in [-0.2, 0) is 19.2 Å². The van der Waals surface area contributed by atoms with Crippen LogP contribution < -0.4 is 0 Å². The molecule has 0 aliphatic heterocycles. The zero-order valence-electron chi connectivity index (χ0n) is 13.0. The summed E-state index contributed by atoms with van der Waals surface area (Å²) in [5, 5.41) is 0.431. The van der Waals surface area contributed by atoms with Gasteiger partial charge in [0.2, 0.25) is 23.1 Å². The number of halogens is 1. The molecule has 1 aliphatic rings. The standard InChI is InChI=1S/C20H13ClO4/c21-14-9-7-13(8-10-14)16-19(24)17(22)15(18(23)20(16)25)11-6-12-4-2-1-3-5-12/h1-11,15-16H. The molecule has 1 aliphatic carbocycles. The summed E-state index contributed by atoms with van der Waals surface area (Å²) in [6.45, 7) is 0. The number of ketones is 4. The Labute approximate surface area is 149 Å². The van der Waals surface area contributed by atoms with Crippen molar-refractivity contribution in [2.24, 2.45) is 5.92 Å². The third kappa shape index (κ3) is 3.35. The van der Waals surface area contributed by atoms with Crippen molar-refractivity contribution >= 4 is 40.8 Å². The molecule has 124 valence electrons. The molecule has 0 atom stereocenters. The first-order valence-electron chi connectivity index (χ1n) is 7.64. The molecule has 25 heavy (non-hydrogen) atoms. The first-order chi connectivity index (χ1) is 12.0. The van der Waals surface area contributed by atoms with Gasteiger partial charge in [0.25, 0.3) is 0 Å². The predicted octanol–water partition coefficient (Wildman–Crippen LogP) is 3.04. The summed E-state index contributed by atoms with van der Waals surface area (Å²) in [5.74, 6) is -6.19.